The van der Waals surface area contributed by atoms with Gasteiger partial charge >= 0.3 is 0 Å². The third kappa shape index (κ3) is 3.40. The van der Waals surface area contributed by atoms with Crippen LogP contribution in [0.25, 0.3) is 0 Å². The number of benzene rings is 1. The maximum Gasteiger partial charge on any atom is 0.251 e. The molecule has 3 aromatic rings. The molecule has 1 aliphatic rings. The van der Waals surface area contributed by atoms with Gasteiger partial charge in [-0.2, -0.15) is 5.10 Å². The summed E-state index contributed by atoms with van der Waals surface area (Å²) >= 11 is 0. The minimum atomic E-state index is -0.0196. The molecule has 6 nitrogen and oxygen atoms in total. The molecule has 134 valence electrons. The summed E-state index contributed by atoms with van der Waals surface area (Å²) in [5, 5.41) is 7.66. The highest BCUT2D eigenvalue weighted by atomic mass is 16.1. The van der Waals surface area contributed by atoms with Crippen molar-refractivity contribution in [2.24, 2.45) is 0 Å². The lowest BCUT2D eigenvalue weighted by Gasteiger charge is -2.24. The van der Waals surface area contributed by atoms with Gasteiger partial charge in [0.25, 0.3) is 5.91 Å². The molecule has 1 N–H and O–H groups in total. The molecule has 1 unspecified atom stereocenters. The van der Waals surface area contributed by atoms with E-state index in [1.54, 1.807) is 0 Å². The number of imidazole rings is 1. The quantitative estimate of drug-likeness (QED) is 0.787. The predicted octanol–water partition coefficient (Wildman–Crippen LogP) is 2.49. The Hall–Kier alpha value is -2.89. The fourth-order valence-electron chi connectivity index (χ4n) is 3.57. The molecular weight excluding hydrogens is 326 g/mol. The fourth-order valence-corrected chi connectivity index (χ4v) is 3.57. The second-order valence-electron chi connectivity index (χ2n) is 6.99. The number of hydrogen-bond donors (Lipinski definition) is 1. The topological polar surface area (TPSA) is 64.7 Å². The first-order valence-electron chi connectivity index (χ1n) is 8.99. The van der Waals surface area contributed by atoms with E-state index in [1.165, 1.54) is 0 Å². The Kier molecular flexibility index (Phi) is 4.32. The van der Waals surface area contributed by atoms with E-state index in [4.69, 9.17) is 0 Å². The molecule has 0 aliphatic carbocycles. The fraction of sp³-hybridized carbons (Fsp3) is 0.350. The number of fused-ring (bicyclic) bond motifs is 1. The molecule has 1 amide bonds. The number of aryl methyl sites for hydroxylation is 3. The van der Waals surface area contributed by atoms with Crippen LogP contribution in [0.5, 0.6) is 0 Å². The molecule has 26 heavy (non-hydrogen) atoms. The molecule has 0 spiro atoms. The van der Waals surface area contributed by atoms with Gasteiger partial charge in [-0.25, -0.2) is 4.98 Å². The second kappa shape index (κ2) is 6.78. The Labute approximate surface area is 152 Å². The molecule has 6 heteroatoms. The molecule has 0 saturated heterocycles. The van der Waals surface area contributed by atoms with Crippen molar-refractivity contribution in [2.45, 2.75) is 45.8 Å². The van der Waals surface area contributed by atoms with Crippen molar-refractivity contribution in [3.05, 3.63) is 71.1 Å². The van der Waals surface area contributed by atoms with Crippen molar-refractivity contribution >= 4 is 5.91 Å². The lowest BCUT2D eigenvalue weighted by Crippen LogP contribution is -2.40. The average Bonchev–Trinajstić information content (AvgIpc) is 3.21. The smallest absolute Gasteiger partial charge is 0.251 e. The zero-order valence-corrected chi connectivity index (χ0v) is 15.1. The Bertz CT molecular complexity index is 939. The first-order valence-corrected chi connectivity index (χ1v) is 8.99. The van der Waals surface area contributed by atoms with E-state index >= 15 is 0 Å². The minimum absolute atomic E-state index is 0.0196. The summed E-state index contributed by atoms with van der Waals surface area (Å²) in [4.78, 5) is 17.0. The number of rotatable bonds is 4. The van der Waals surface area contributed by atoms with Crippen LogP contribution < -0.4 is 5.32 Å². The lowest BCUT2D eigenvalue weighted by molar-refractivity contribution is 0.0927. The summed E-state index contributed by atoms with van der Waals surface area (Å²) in [6.07, 6.45) is 5.62. The van der Waals surface area contributed by atoms with Crippen LogP contribution in [0.3, 0.4) is 0 Å². The van der Waals surface area contributed by atoms with Gasteiger partial charge in [0, 0.05) is 42.7 Å². The van der Waals surface area contributed by atoms with Gasteiger partial charge in [0.2, 0.25) is 0 Å². The standard InChI is InChI=1S/C20H23N5O/c1-14-10-15(2)25(23-14)12-16-4-3-5-17(11-16)20(26)22-18-6-7-19-21-8-9-24(19)13-18/h3-5,8-11,18H,6-7,12-13H2,1-2H3,(H,22,26). The molecule has 0 radical (unpaired) electrons. The van der Waals surface area contributed by atoms with Crippen LogP contribution in [-0.4, -0.2) is 31.3 Å². The molecule has 2 aromatic heterocycles. The van der Waals surface area contributed by atoms with Crippen molar-refractivity contribution < 1.29 is 4.79 Å². The Morgan fingerprint density at radius 2 is 2.19 bits per heavy atom. The van der Waals surface area contributed by atoms with E-state index in [2.05, 4.69) is 26.0 Å². The van der Waals surface area contributed by atoms with Crippen molar-refractivity contribution in [1.82, 2.24) is 24.6 Å². The van der Waals surface area contributed by atoms with Crippen molar-refractivity contribution in [1.29, 1.82) is 0 Å². The van der Waals surface area contributed by atoms with Gasteiger partial charge in [0.15, 0.2) is 0 Å². The predicted molar refractivity (Wildman–Crippen MR) is 99.0 cm³/mol. The zero-order chi connectivity index (χ0) is 18.1. The van der Waals surface area contributed by atoms with Gasteiger partial charge in [-0.15, -0.1) is 0 Å². The molecule has 0 saturated carbocycles. The number of carbonyl (C=O) groups excluding carboxylic acids is 1. The summed E-state index contributed by atoms with van der Waals surface area (Å²) < 4.78 is 4.09. The van der Waals surface area contributed by atoms with Crippen LogP contribution in [0.15, 0.2) is 42.7 Å². The van der Waals surface area contributed by atoms with Crippen molar-refractivity contribution in [3.8, 4) is 0 Å². The molecular formula is C20H23N5O. The second-order valence-corrected chi connectivity index (χ2v) is 6.99. The van der Waals surface area contributed by atoms with E-state index in [9.17, 15) is 4.79 Å². The molecule has 1 aliphatic heterocycles. The lowest BCUT2D eigenvalue weighted by atomic mass is 10.1. The number of nitrogens with one attached hydrogen (secondary N) is 1. The molecule has 1 aromatic carbocycles. The van der Waals surface area contributed by atoms with Gasteiger partial charge in [-0.05, 0) is 44.0 Å². The van der Waals surface area contributed by atoms with Crippen LogP contribution in [0.1, 0.15) is 39.6 Å². The zero-order valence-electron chi connectivity index (χ0n) is 15.1. The SMILES string of the molecule is Cc1cc(C)n(Cc2cccc(C(=O)NC3CCc4nccn4C3)c2)n1. The van der Waals surface area contributed by atoms with Crippen LogP contribution in [-0.2, 0) is 19.5 Å². The highest BCUT2D eigenvalue weighted by Crippen LogP contribution is 2.15. The highest BCUT2D eigenvalue weighted by molar-refractivity contribution is 5.94. The van der Waals surface area contributed by atoms with E-state index in [0.717, 1.165) is 42.2 Å². The summed E-state index contributed by atoms with van der Waals surface area (Å²) in [5.74, 6) is 1.08. The molecule has 0 fully saturated rings. The number of carbonyl (C=O) groups is 1. The van der Waals surface area contributed by atoms with Crippen LogP contribution in [0, 0.1) is 13.8 Å². The first-order chi connectivity index (χ1) is 12.6. The Morgan fingerprint density at radius 3 is 3.00 bits per heavy atom. The van der Waals surface area contributed by atoms with E-state index in [0.29, 0.717) is 12.1 Å². The molecule has 3 heterocycles. The maximum absolute atomic E-state index is 12.7. The summed E-state index contributed by atoms with van der Waals surface area (Å²) in [6, 6.07) is 9.99. The number of hydrogen-bond acceptors (Lipinski definition) is 3. The maximum atomic E-state index is 12.7. The largest absolute Gasteiger partial charge is 0.347 e. The van der Waals surface area contributed by atoms with Crippen molar-refractivity contribution in [3.63, 3.8) is 0 Å². The number of aromatic nitrogens is 4. The third-order valence-corrected chi connectivity index (χ3v) is 4.90. The summed E-state index contributed by atoms with van der Waals surface area (Å²) in [7, 11) is 0. The summed E-state index contributed by atoms with van der Waals surface area (Å²) in [5.41, 5.74) is 3.90. The minimum Gasteiger partial charge on any atom is -0.347 e. The van der Waals surface area contributed by atoms with Crippen molar-refractivity contribution in [2.75, 3.05) is 0 Å². The molecule has 4 rings (SSSR count). The highest BCUT2D eigenvalue weighted by Gasteiger charge is 2.21. The summed E-state index contributed by atoms with van der Waals surface area (Å²) in [6.45, 7) is 5.49. The number of amides is 1. The molecule has 0 bridgehead atoms. The Balaban J connectivity index is 1.44. The van der Waals surface area contributed by atoms with Gasteiger partial charge in [-0.1, -0.05) is 12.1 Å². The third-order valence-electron chi connectivity index (χ3n) is 4.90. The van der Waals surface area contributed by atoms with Gasteiger partial charge in [0.05, 0.1) is 12.2 Å². The van der Waals surface area contributed by atoms with Crippen LogP contribution >= 0.6 is 0 Å². The van der Waals surface area contributed by atoms with Crippen LogP contribution in [0.2, 0.25) is 0 Å². The van der Waals surface area contributed by atoms with Crippen LogP contribution in [0.4, 0.5) is 0 Å². The van der Waals surface area contributed by atoms with Gasteiger partial charge in [0.1, 0.15) is 5.82 Å². The van der Waals surface area contributed by atoms with E-state index in [-0.39, 0.29) is 11.9 Å². The van der Waals surface area contributed by atoms with E-state index in [1.807, 2.05) is 55.2 Å². The molecule has 1 atom stereocenters. The normalized spacial score (nSPS) is 16.3. The monoisotopic (exact) mass is 349 g/mol. The number of nitrogens with zero attached hydrogens (tertiary/aromatic N) is 4. The first kappa shape index (κ1) is 16.6. The average molecular weight is 349 g/mol. The Morgan fingerprint density at radius 1 is 1.31 bits per heavy atom. The van der Waals surface area contributed by atoms with Gasteiger partial charge < -0.3 is 9.88 Å². The van der Waals surface area contributed by atoms with Gasteiger partial charge in [-0.3, -0.25) is 9.48 Å². The van der Waals surface area contributed by atoms with E-state index < -0.39 is 0 Å².